The average Bonchev–Trinajstić information content (AvgIpc) is 3.23. The number of hydrogen-bond acceptors (Lipinski definition) is 7. The number of aromatic nitrogens is 2. The van der Waals surface area contributed by atoms with Crippen LogP contribution in [0.3, 0.4) is 0 Å². The predicted molar refractivity (Wildman–Crippen MR) is 82.6 cm³/mol. The number of nitrogens with zero attached hydrogens (tertiary/aromatic N) is 3. The van der Waals surface area contributed by atoms with E-state index >= 15 is 0 Å². The van der Waals surface area contributed by atoms with Crippen LogP contribution in [0.1, 0.15) is 50.5 Å². The monoisotopic (exact) mass is 335 g/mol. The molecule has 23 heavy (non-hydrogen) atoms. The first-order valence-corrected chi connectivity index (χ1v) is 8.22. The lowest BCUT2D eigenvalue weighted by atomic mass is 9.97. The van der Waals surface area contributed by atoms with E-state index in [4.69, 9.17) is 4.52 Å². The van der Waals surface area contributed by atoms with E-state index in [0.29, 0.717) is 19.0 Å². The number of rotatable bonds is 3. The Bertz CT molecular complexity index is 716. The summed E-state index contributed by atoms with van der Waals surface area (Å²) in [5.41, 5.74) is 1.18. The summed E-state index contributed by atoms with van der Waals surface area (Å²) in [6, 6.07) is 1.32. The number of methoxy groups -OCH3 is 1. The SMILES string of the molecule is COC(=O)c1cc(C(=O)N2CCC(c3nc(C)cs3)CC2)no1. The number of amides is 1. The lowest BCUT2D eigenvalue weighted by molar-refractivity contribution is 0.0552. The van der Waals surface area contributed by atoms with Crippen LogP contribution in [0, 0.1) is 6.92 Å². The second-order valence-corrected chi connectivity index (χ2v) is 6.35. The van der Waals surface area contributed by atoms with Crippen LogP contribution in [0.5, 0.6) is 0 Å². The Kier molecular flexibility index (Phi) is 4.42. The summed E-state index contributed by atoms with van der Waals surface area (Å²) in [5.74, 6) is -0.531. The Morgan fingerprint density at radius 2 is 2.13 bits per heavy atom. The molecule has 1 fully saturated rings. The summed E-state index contributed by atoms with van der Waals surface area (Å²) in [6.45, 7) is 3.27. The van der Waals surface area contributed by atoms with Crippen molar-refractivity contribution >= 4 is 23.2 Å². The van der Waals surface area contributed by atoms with Crippen molar-refractivity contribution in [2.45, 2.75) is 25.7 Å². The van der Waals surface area contributed by atoms with Gasteiger partial charge < -0.3 is 14.2 Å². The number of aryl methyl sites for hydroxylation is 1. The van der Waals surface area contributed by atoms with Crippen LogP contribution < -0.4 is 0 Å². The molecule has 0 saturated carbocycles. The van der Waals surface area contributed by atoms with E-state index in [9.17, 15) is 9.59 Å². The number of hydrogen-bond donors (Lipinski definition) is 0. The van der Waals surface area contributed by atoms with Crippen LogP contribution in [0.2, 0.25) is 0 Å². The van der Waals surface area contributed by atoms with E-state index in [1.807, 2.05) is 6.92 Å². The Balaban J connectivity index is 1.62. The number of ether oxygens (including phenoxy) is 1. The van der Waals surface area contributed by atoms with Crippen LogP contribution in [-0.4, -0.2) is 47.1 Å². The van der Waals surface area contributed by atoms with E-state index in [0.717, 1.165) is 23.5 Å². The molecule has 1 aliphatic heterocycles. The van der Waals surface area contributed by atoms with Gasteiger partial charge in [-0.1, -0.05) is 5.16 Å². The molecule has 0 unspecified atom stereocenters. The summed E-state index contributed by atoms with van der Waals surface area (Å²) in [7, 11) is 1.25. The highest BCUT2D eigenvalue weighted by atomic mass is 32.1. The number of esters is 1. The molecule has 0 aliphatic carbocycles. The molecule has 122 valence electrons. The maximum atomic E-state index is 12.4. The number of carbonyl (C=O) groups excluding carboxylic acids is 2. The standard InChI is InChI=1S/C15H17N3O4S/c1-9-8-23-13(16-9)10-3-5-18(6-4-10)14(19)11-7-12(22-17-11)15(20)21-2/h7-8,10H,3-6H2,1-2H3. The lowest BCUT2D eigenvalue weighted by Crippen LogP contribution is -2.38. The van der Waals surface area contributed by atoms with Crippen molar-refractivity contribution in [1.82, 2.24) is 15.0 Å². The molecular formula is C15H17N3O4S. The minimum absolute atomic E-state index is 0.0657. The highest BCUT2D eigenvalue weighted by Crippen LogP contribution is 2.30. The Morgan fingerprint density at radius 3 is 2.74 bits per heavy atom. The van der Waals surface area contributed by atoms with Crippen molar-refractivity contribution in [3.05, 3.63) is 33.6 Å². The molecule has 1 saturated heterocycles. The third-order valence-electron chi connectivity index (χ3n) is 3.88. The van der Waals surface area contributed by atoms with Crippen LogP contribution in [0.15, 0.2) is 16.0 Å². The van der Waals surface area contributed by atoms with Gasteiger partial charge in [-0.15, -0.1) is 11.3 Å². The fraction of sp³-hybridized carbons (Fsp3) is 0.467. The molecule has 7 nitrogen and oxygen atoms in total. The molecule has 0 radical (unpaired) electrons. The molecule has 2 aromatic heterocycles. The van der Waals surface area contributed by atoms with Gasteiger partial charge >= 0.3 is 5.97 Å². The summed E-state index contributed by atoms with van der Waals surface area (Å²) >= 11 is 1.68. The first-order chi connectivity index (χ1) is 11.1. The van der Waals surface area contributed by atoms with Crippen molar-refractivity contribution < 1.29 is 18.8 Å². The Morgan fingerprint density at radius 1 is 1.39 bits per heavy atom. The van der Waals surface area contributed by atoms with Gasteiger partial charge in [0.25, 0.3) is 5.91 Å². The highest BCUT2D eigenvalue weighted by Gasteiger charge is 2.28. The van der Waals surface area contributed by atoms with Gasteiger partial charge in [0.15, 0.2) is 5.69 Å². The van der Waals surface area contributed by atoms with Gasteiger partial charge in [0.2, 0.25) is 5.76 Å². The van der Waals surface area contributed by atoms with Gasteiger partial charge in [-0.2, -0.15) is 0 Å². The molecule has 1 aliphatic rings. The zero-order valence-electron chi connectivity index (χ0n) is 12.9. The predicted octanol–water partition coefficient (Wildman–Crippen LogP) is 2.25. The lowest BCUT2D eigenvalue weighted by Gasteiger charge is -2.30. The van der Waals surface area contributed by atoms with Crippen molar-refractivity contribution in [1.29, 1.82) is 0 Å². The summed E-state index contributed by atoms with van der Waals surface area (Å²) < 4.78 is 9.38. The second kappa shape index (κ2) is 6.49. The van der Waals surface area contributed by atoms with Gasteiger partial charge in [0.05, 0.1) is 12.1 Å². The van der Waals surface area contributed by atoms with Crippen molar-refractivity contribution in [3.8, 4) is 0 Å². The first-order valence-electron chi connectivity index (χ1n) is 7.35. The van der Waals surface area contributed by atoms with Crippen LogP contribution >= 0.6 is 11.3 Å². The van der Waals surface area contributed by atoms with Gasteiger partial charge in [0.1, 0.15) is 0 Å². The van der Waals surface area contributed by atoms with Gasteiger partial charge in [-0.05, 0) is 19.8 Å². The maximum Gasteiger partial charge on any atom is 0.376 e. The van der Waals surface area contributed by atoms with Crippen molar-refractivity contribution in [2.24, 2.45) is 0 Å². The normalized spacial score (nSPS) is 15.7. The molecule has 3 heterocycles. The zero-order valence-corrected chi connectivity index (χ0v) is 13.8. The third-order valence-corrected chi connectivity index (χ3v) is 5.01. The van der Waals surface area contributed by atoms with Crippen molar-refractivity contribution in [3.63, 3.8) is 0 Å². The van der Waals surface area contributed by atoms with E-state index < -0.39 is 5.97 Å². The Hall–Kier alpha value is -2.22. The van der Waals surface area contributed by atoms with Crippen LogP contribution in [0.4, 0.5) is 0 Å². The molecule has 3 rings (SSSR count). The zero-order chi connectivity index (χ0) is 16.4. The molecule has 0 spiro atoms. The molecule has 0 N–H and O–H groups in total. The average molecular weight is 335 g/mol. The van der Waals surface area contributed by atoms with Crippen LogP contribution in [-0.2, 0) is 4.74 Å². The van der Waals surface area contributed by atoms with E-state index in [1.54, 1.807) is 16.2 Å². The maximum absolute atomic E-state index is 12.4. The van der Waals surface area contributed by atoms with E-state index in [2.05, 4.69) is 20.3 Å². The molecule has 0 aromatic carbocycles. The molecule has 2 aromatic rings. The largest absolute Gasteiger partial charge is 0.463 e. The topological polar surface area (TPSA) is 85.5 Å². The first kappa shape index (κ1) is 15.7. The van der Waals surface area contributed by atoms with Crippen LogP contribution in [0.25, 0.3) is 0 Å². The molecular weight excluding hydrogens is 318 g/mol. The van der Waals surface area contributed by atoms with E-state index in [-0.39, 0.29) is 17.4 Å². The smallest absolute Gasteiger partial charge is 0.376 e. The van der Waals surface area contributed by atoms with Gasteiger partial charge in [-0.3, -0.25) is 4.79 Å². The fourth-order valence-electron chi connectivity index (χ4n) is 2.62. The summed E-state index contributed by atoms with van der Waals surface area (Å²) in [6.07, 6.45) is 1.75. The number of carbonyl (C=O) groups is 2. The molecule has 0 bridgehead atoms. The summed E-state index contributed by atoms with van der Waals surface area (Å²) in [4.78, 5) is 30.0. The second-order valence-electron chi connectivity index (χ2n) is 5.46. The fourth-order valence-corrected chi connectivity index (χ4v) is 3.59. The minimum atomic E-state index is -0.644. The number of likely N-dealkylation sites (tertiary alicyclic amines) is 1. The highest BCUT2D eigenvalue weighted by molar-refractivity contribution is 7.09. The third kappa shape index (κ3) is 3.26. The quantitative estimate of drug-likeness (QED) is 0.800. The minimum Gasteiger partial charge on any atom is -0.463 e. The molecule has 1 amide bonds. The molecule has 8 heteroatoms. The number of thiazole rings is 1. The number of piperidine rings is 1. The Labute approximate surface area is 137 Å². The van der Waals surface area contributed by atoms with Gasteiger partial charge in [0, 0.05) is 36.1 Å². The summed E-state index contributed by atoms with van der Waals surface area (Å²) in [5, 5.41) is 6.86. The van der Waals surface area contributed by atoms with Gasteiger partial charge in [-0.25, -0.2) is 9.78 Å². The van der Waals surface area contributed by atoms with E-state index in [1.165, 1.54) is 13.2 Å². The van der Waals surface area contributed by atoms with Crippen molar-refractivity contribution in [2.75, 3.05) is 20.2 Å². The molecule has 0 atom stereocenters.